The van der Waals surface area contributed by atoms with E-state index in [2.05, 4.69) is 4.72 Å². The number of rotatable bonds is 5. The van der Waals surface area contributed by atoms with Crippen molar-refractivity contribution < 1.29 is 31.8 Å². The van der Waals surface area contributed by atoms with Crippen LogP contribution in [0.2, 0.25) is 0 Å². The molecule has 0 saturated carbocycles. The Balaban J connectivity index is 2.18. The molecule has 0 aliphatic carbocycles. The number of sulfonamides is 1. The molecule has 1 aliphatic rings. The number of hydrogen-bond acceptors (Lipinski definition) is 4. The van der Waals surface area contributed by atoms with Crippen molar-refractivity contribution in [2.75, 3.05) is 13.2 Å². The summed E-state index contributed by atoms with van der Waals surface area (Å²) in [5.41, 5.74) is 0.859. The molecule has 2 N–H and O–H groups in total. The highest BCUT2D eigenvalue weighted by molar-refractivity contribution is 7.89. The highest BCUT2D eigenvalue weighted by Crippen LogP contribution is 2.29. The van der Waals surface area contributed by atoms with Gasteiger partial charge in [-0.25, -0.2) is 26.7 Å². The monoisotopic (exact) mass is 349 g/mol. The number of nitrogens with one attached hydrogen (secondary N) is 1. The van der Waals surface area contributed by atoms with Crippen molar-refractivity contribution in [3.05, 3.63) is 28.8 Å². The van der Waals surface area contributed by atoms with E-state index in [1.807, 2.05) is 0 Å². The van der Waals surface area contributed by atoms with E-state index in [0.717, 1.165) is 6.07 Å². The first kappa shape index (κ1) is 17.8. The summed E-state index contributed by atoms with van der Waals surface area (Å²) in [6, 6.07) is 2.39. The average molecular weight is 349 g/mol. The van der Waals surface area contributed by atoms with Gasteiger partial charge in [-0.05, 0) is 37.1 Å². The van der Waals surface area contributed by atoms with E-state index in [9.17, 15) is 22.0 Å². The third kappa shape index (κ3) is 4.04. The van der Waals surface area contributed by atoms with Gasteiger partial charge >= 0.3 is 5.97 Å². The first-order chi connectivity index (χ1) is 10.5. The molecule has 1 atom stereocenters. The Morgan fingerprint density at radius 3 is 2.61 bits per heavy atom. The maximum absolute atomic E-state index is 13.0. The summed E-state index contributed by atoms with van der Waals surface area (Å²) >= 11 is 0. The molecule has 23 heavy (non-hydrogen) atoms. The summed E-state index contributed by atoms with van der Waals surface area (Å²) in [5, 5.41) is 9.12. The van der Waals surface area contributed by atoms with Gasteiger partial charge < -0.3 is 9.84 Å². The number of aromatic carboxylic acids is 1. The first-order valence-electron chi connectivity index (χ1n) is 6.85. The molecule has 1 fully saturated rings. The SMILES string of the molecule is Cc1cc(S(=O)(=O)NCC2CC(F)(F)CO2)cc(C(=O)O)c1C. The Kier molecular flexibility index (Phi) is 4.74. The summed E-state index contributed by atoms with van der Waals surface area (Å²) in [5.74, 6) is -4.19. The minimum absolute atomic E-state index is 0.117. The highest BCUT2D eigenvalue weighted by Gasteiger charge is 2.40. The molecule has 1 heterocycles. The number of alkyl halides is 2. The molecule has 0 spiro atoms. The molecule has 0 aromatic heterocycles. The number of carboxylic acids is 1. The molecular formula is C14H17F2NO5S. The van der Waals surface area contributed by atoms with Crippen molar-refractivity contribution in [1.82, 2.24) is 4.72 Å². The molecular weight excluding hydrogens is 332 g/mol. The van der Waals surface area contributed by atoms with Gasteiger partial charge in [0.15, 0.2) is 0 Å². The zero-order valence-electron chi connectivity index (χ0n) is 12.6. The Bertz CT molecular complexity index is 733. The molecule has 0 amide bonds. The quantitative estimate of drug-likeness (QED) is 0.844. The summed E-state index contributed by atoms with van der Waals surface area (Å²) in [6.45, 7) is 2.15. The number of halogens is 2. The van der Waals surface area contributed by atoms with E-state index in [4.69, 9.17) is 9.84 Å². The van der Waals surface area contributed by atoms with Gasteiger partial charge in [-0.2, -0.15) is 0 Å². The third-order valence-corrected chi connectivity index (χ3v) is 5.14. The van der Waals surface area contributed by atoms with Crippen molar-refractivity contribution >= 4 is 16.0 Å². The maximum atomic E-state index is 13.0. The summed E-state index contributed by atoms with van der Waals surface area (Å²) in [6.07, 6.45) is -1.46. The lowest BCUT2D eigenvalue weighted by Crippen LogP contribution is -2.32. The second-order valence-corrected chi connectivity index (χ2v) is 7.33. The van der Waals surface area contributed by atoms with Gasteiger partial charge in [0.2, 0.25) is 10.0 Å². The van der Waals surface area contributed by atoms with Gasteiger partial charge in [0, 0.05) is 13.0 Å². The average Bonchev–Trinajstić information content (AvgIpc) is 2.78. The lowest BCUT2D eigenvalue weighted by atomic mass is 10.0. The maximum Gasteiger partial charge on any atom is 0.336 e. The van der Waals surface area contributed by atoms with Gasteiger partial charge in [-0.3, -0.25) is 0 Å². The van der Waals surface area contributed by atoms with Crippen LogP contribution >= 0.6 is 0 Å². The van der Waals surface area contributed by atoms with Crippen LogP contribution in [0.1, 0.15) is 27.9 Å². The molecule has 1 aromatic carbocycles. The predicted octanol–water partition coefficient (Wildman–Crippen LogP) is 1.70. The van der Waals surface area contributed by atoms with Crippen molar-refractivity contribution in [2.45, 2.75) is 37.2 Å². The van der Waals surface area contributed by atoms with Gasteiger partial charge in [-0.15, -0.1) is 0 Å². The van der Waals surface area contributed by atoms with Crippen LogP contribution in [-0.2, 0) is 14.8 Å². The number of hydrogen-bond donors (Lipinski definition) is 2. The van der Waals surface area contributed by atoms with Crippen molar-refractivity contribution in [3.8, 4) is 0 Å². The van der Waals surface area contributed by atoms with Crippen LogP contribution in [0.4, 0.5) is 8.78 Å². The first-order valence-corrected chi connectivity index (χ1v) is 8.34. The largest absolute Gasteiger partial charge is 0.478 e. The van der Waals surface area contributed by atoms with E-state index in [0.29, 0.717) is 11.1 Å². The van der Waals surface area contributed by atoms with E-state index >= 15 is 0 Å². The van der Waals surface area contributed by atoms with E-state index in [1.165, 1.54) is 6.07 Å². The Hall–Kier alpha value is -1.58. The minimum Gasteiger partial charge on any atom is -0.478 e. The number of carbonyl (C=O) groups is 1. The fourth-order valence-corrected chi connectivity index (χ4v) is 3.49. The molecule has 0 radical (unpaired) electrons. The Labute approximate surface area is 132 Å². The summed E-state index contributed by atoms with van der Waals surface area (Å²) < 4.78 is 57.5. The van der Waals surface area contributed by atoms with Crippen LogP contribution in [-0.4, -0.2) is 44.7 Å². The number of carboxylic acid groups (broad SMARTS) is 1. The predicted molar refractivity (Wildman–Crippen MR) is 77.4 cm³/mol. The lowest BCUT2D eigenvalue weighted by Gasteiger charge is -2.13. The Morgan fingerprint density at radius 2 is 2.09 bits per heavy atom. The smallest absolute Gasteiger partial charge is 0.336 e. The van der Waals surface area contributed by atoms with Crippen LogP contribution < -0.4 is 4.72 Å². The molecule has 0 bridgehead atoms. The minimum atomic E-state index is -4.02. The molecule has 9 heteroatoms. The zero-order valence-corrected chi connectivity index (χ0v) is 13.4. The van der Waals surface area contributed by atoms with Crippen LogP contribution in [0.15, 0.2) is 17.0 Å². The van der Waals surface area contributed by atoms with Gasteiger partial charge in [0.1, 0.15) is 6.61 Å². The molecule has 6 nitrogen and oxygen atoms in total. The molecule has 1 saturated heterocycles. The lowest BCUT2D eigenvalue weighted by molar-refractivity contribution is -0.00981. The fraction of sp³-hybridized carbons (Fsp3) is 0.500. The molecule has 1 aliphatic heterocycles. The van der Waals surface area contributed by atoms with E-state index < -0.39 is 41.0 Å². The van der Waals surface area contributed by atoms with Gasteiger partial charge in [0.05, 0.1) is 16.6 Å². The van der Waals surface area contributed by atoms with Crippen molar-refractivity contribution in [3.63, 3.8) is 0 Å². The van der Waals surface area contributed by atoms with Gasteiger partial charge in [0.25, 0.3) is 5.92 Å². The number of aryl methyl sites for hydroxylation is 1. The molecule has 1 unspecified atom stereocenters. The van der Waals surface area contributed by atoms with E-state index in [1.54, 1.807) is 13.8 Å². The summed E-state index contributed by atoms with van der Waals surface area (Å²) in [7, 11) is -4.02. The fourth-order valence-electron chi connectivity index (χ4n) is 2.31. The topological polar surface area (TPSA) is 92.7 Å². The standard InChI is InChI=1S/C14H17F2NO5S/c1-8-3-11(4-12(9(8)2)13(18)19)23(20,21)17-6-10-5-14(15,16)7-22-10/h3-4,10,17H,5-7H2,1-2H3,(H,18,19). The Morgan fingerprint density at radius 1 is 1.43 bits per heavy atom. The normalized spacial score (nSPS) is 20.6. The van der Waals surface area contributed by atoms with Crippen LogP contribution in [0.3, 0.4) is 0 Å². The van der Waals surface area contributed by atoms with Crippen molar-refractivity contribution in [1.29, 1.82) is 0 Å². The number of ether oxygens (including phenoxy) is 1. The van der Waals surface area contributed by atoms with Gasteiger partial charge in [-0.1, -0.05) is 0 Å². The van der Waals surface area contributed by atoms with Crippen LogP contribution in [0.5, 0.6) is 0 Å². The second-order valence-electron chi connectivity index (χ2n) is 5.56. The van der Waals surface area contributed by atoms with Crippen molar-refractivity contribution in [2.24, 2.45) is 0 Å². The zero-order chi connectivity index (χ0) is 17.4. The summed E-state index contributed by atoms with van der Waals surface area (Å²) in [4.78, 5) is 11.0. The number of benzene rings is 1. The van der Waals surface area contributed by atoms with Crippen LogP contribution in [0, 0.1) is 13.8 Å². The van der Waals surface area contributed by atoms with Crippen LogP contribution in [0.25, 0.3) is 0 Å². The molecule has 128 valence electrons. The second kappa shape index (κ2) is 6.14. The molecule has 2 rings (SSSR count). The molecule has 1 aromatic rings. The third-order valence-electron chi connectivity index (χ3n) is 3.74. The highest BCUT2D eigenvalue weighted by atomic mass is 32.2. The van der Waals surface area contributed by atoms with E-state index in [-0.39, 0.29) is 17.0 Å².